The summed E-state index contributed by atoms with van der Waals surface area (Å²) in [5, 5.41) is 39.1. The molecule has 5 aliphatic rings. The van der Waals surface area contributed by atoms with Gasteiger partial charge in [-0.05, 0) is 61.4 Å². The second kappa shape index (κ2) is 16.9. The van der Waals surface area contributed by atoms with Crippen molar-refractivity contribution in [3.05, 3.63) is 83.4 Å². The van der Waals surface area contributed by atoms with Crippen molar-refractivity contribution in [2.75, 3.05) is 57.9 Å². The zero-order valence-corrected chi connectivity index (χ0v) is 31.7. The fourth-order valence-electron chi connectivity index (χ4n) is 8.91. The largest absolute Gasteiger partial charge is 1.00 e. The minimum atomic E-state index is -0.928. The highest BCUT2D eigenvalue weighted by molar-refractivity contribution is 5.96. The number of halogens is 1. The molecule has 4 heterocycles. The van der Waals surface area contributed by atoms with Gasteiger partial charge in [0.1, 0.15) is 48.6 Å². The van der Waals surface area contributed by atoms with Crippen LogP contribution >= 0.6 is 0 Å². The van der Waals surface area contributed by atoms with Gasteiger partial charge in [0.2, 0.25) is 0 Å². The molecule has 4 fully saturated rings. The lowest BCUT2D eigenvalue weighted by atomic mass is 9.80. The molecule has 11 heteroatoms. The van der Waals surface area contributed by atoms with E-state index in [4.69, 9.17) is 14.2 Å². The Morgan fingerprint density at radius 2 is 1.77 bits per heavy atom. The lowest BCUT2D eigenvalue weighted by Crippen LogP contribution is -3.00. The number of piperidine rings is 3. The summed E-state index contributed by atoms with van der Waals surface area (Å²) in [6, 6.07) is 21.4. The van der Waals surface area contributed by atoms with Crippen molar-refractivity contribution in [1.82, 2.24) is 5.32 Å². The van der Waals surface area contributed by atoms with Gasteiger partial charge in [0.25, 0.3) is 5.91 Å². The molecule has 1 aliphatic carbocycles. The van der Waals surface area contributed by atoms with Gasteiger partial charge in [0, 0.05) is 43.0 Å². The van der Waals surface area contributed by atoms with Gasteiger partial charge >= 0.3 is 0 Å². The molecule has 8 rings (SSSR count). The van der Waals surface area contributed by atoms with Crippen molar-refractivity contribution in [2.24, 2.45) is 11.8 Å². The third kappa shape index (κ3) is 8.77. The van der Waals surface area contributed by atoms with Gasteiger partial charge in [-0.2, -0.15) is 0 Å². The normalized spacial score (nSPS) is 24.9. The number of aliphatic hydroxyl groups excluding tert-OH is 1. The van der Waals surface area contributed by atoms with Gasteiger partial charge in [-0.1, -0.05) is 55.3 Å². The molecule has 3 aromatic carbocycles. The first kappa shape index (κ1) is 38.5. The zero-order valence-electron chi connectivity index (χ0n) is 30.1. The van der Waals surface area contributed by atoms with Crippen LogP contribution in [0.2, 0.25) is 0 Å². The van der Waals surface area contributed by atoms with Gasteiger partial charge in [-0.3, -0.25) is 4.79 Å². The average molecular weight is 781 g/mol. The minimum Gasteiger partial charge on any atom is -1.00 e. The number of benzene rings is 3. The van der Waals surface area contributed by atoms with Gasteiger partial charge < -0.3 is 61.6 Å². The van der Waals surface area contributed by atoms with Crippen LogP contribution in [0.5, 0.6) is 17.2 Å². The Bertz CT molecular complexity index is 1630. The number of hydrogen-bond acceptors (Lipinski definition) is 8. The maximum Gasteiger partial charge on any atom is 0.262 e. The third-order valence-corrected chi connectivity index (χ3v) is 11.9. The molecule has 52 heavy (non-hydrogen) atoms. The SMILES string of the molecule is C[C@@H](Cc1ccc(OCC[N+]23CCC(CC2)[C@@H](OC[C@@](O)(c2ccccc2)C2CCCC2)C3)cc1)NC[C@H](O)c1cc(O)cc2c1OCC(=O)N2.[Br-]. The van der Waals surface area contributed by atoms with Crippen molar-refractivity contribution in [3.8, 4) is 17.2 Å². The van der Waals surface area contributed by atoms with Crippen LogP contribution in [-0.2, 0) is 21.6 Å². The molecule has 5 N–H and O–H groups in total. The third-order valence-electron chi connectivity index (χ3n) is 11.9. The van der Waals surface area contributed by atoms with Gasteiger partial charge in [-0.25, -0.2) is 0 Å². The molecule has 0 unspecified atom stereocenters. The van der Waals surface area contributed by atoms with Crippen molar-refractivity contribution in [1.29, 1.82) is 0 Å². The first-order valence-electron chi connectivity index (χ1n) is 18.9. The van der Waals surface area contributed by atoms with Crippen LogP contribution in [0.15, 0.2) is 66.7 Å². The number of rotatable bonds is 15. The average Bonchev–Trinajstić information content (AvgIpc) is 3.70. The highest BCUT2D eigenvalue weighted by atomic mass is 79.9. The maximum atomic E-state index is 12.0. The number of phenolic OH excluding ortho intramolecular Hbond substituents is 1. The Hall–Kier alpha value is -3.19. The highest BCUT2D eigenvalue weighted by Crippen LogP contribution is 2.43. The van der Waals surface area contributed by atoms with Crippen LogP contribution in [-0.4, -0.2) is 90.4 Å². The van der Waals surface area contributed by atoms with Crippen molar-refractivity contribution in [2.45, 2.75) is 75.7 Å². The first-order valence-corrected chi connectivity index (χ1v) is 18.9. The van der Waals surface area contributed by atoms with Crippen LogP contribution in [0.4, 0.5) is 5.69 Å². The summed E-state index contributed by atoms with van der Waals surface area (Å²) in [5.74, 6) is 1.72. The molecule has 1 amide bonds. The molecule has 1 saturated carbocycles. The monoisotopic (exact) mass is 779 g/mol. The number of amides is 1. The van der Waals surface area contributed by atoms with Crippen molar-refractivity contribution in [3.63, 3.8) is 0 Å². The van der Waals surface area contributed by atoms with E-state index in [0.29, 0.717) is 36.1 Å². The Morgan fingerprint density at radius 3 is 2.50 bits per heavy atom. The molecule has 282 valence electrons. The summed E-state index contributed by atoms with van der Waals surface area (Å²) in [7, 11) is 0. The molecule has 2 bridgehead atoms. The van der Waals surface area contributed by atoms with Crippen LogP contribution in [0.3, 0.4) is 0 Å². The second-order valence-electron chi connectivity index (χ2n) is 15.4. The molecular weight excluding hydrogens is 726 g/mol. The van der Waals surface area contributed by atoms with Crippen LogP contribution < -0.4 is 37.1 Å². The summed E-state index contributed by atoms with van der Waals surface area (Å²) in [6.45, 7) is 7.48. The van der Waals surface area contributed by atoms with E-state index in [1.54, 1.807) is 0 Å². The van der Waals surface area contributed by atoms with E-state index in [-0.39, 0.29) is 59.9 Å². The van der Waals surface area contributed by atoms with Crippen molar-refractivity contribution < 1.29 is 55.8 Å². The topological polar surface area (TPSA) is 130 Å². The Morgan fingerprint density at radius 1 is 1.04 bits per heavy atom. The number of carbonyl (C=O) groups excluding carboxylic acids is 1. The molecule has 4 aliphatic heterocycles. The number of ether oxygens (including phenoxy) is 3. The number of nitrogens with zero attached hydrogens (tertiary/aromatic N) is 1. The van der Waals surface area contributed by atoms with Crippen LogP contribution in [0.1, 0.15) is 68.2 Å². The standard InChI is InChI=1S/C41H53N3O7.BrH/c1-28(42-24-37(46)35-22-33(45)23-36-40(35)50-26-39(47)43-36)21-29-11-13-34(14-12-29)49-20-19-44-17-15-30(16-18-44)38(25-44)51-27-41(48,32-9-5-6-10-32)31-7-3-2-4-8-31;/h2-4,7-8,11-14,22-23,28,30,32,37-38,42,46,48H,5-6,9-10,15-21,24-27H2,1H3,(H-,43,45,47);1H/t28-,30?,37-,38-,41+,44?;/m0./s1. The molecule has 0 spiro atoms. The zero-order chi connectivity index (χ0) is 35.4. The molecular formula is C41H54BrN3O7. The number of fused-ring (bicyclic) bond motifs is 4. The number of quaternary nitrogens is 1. The number of aromatic hydroxyl groups is 1. The summed E-state index contributed by atoms with van der Waals surface area (Å²) in [4.78, 5) is 11.7. The van der Waals surface area contributed by atoms with Crippen LogP contribution in [0.25, 0.3) is 0 Å². The summed E-state index contributed by atoms with van der Waals surface area (Å²) >= 11 is 0. The molecule has 10 nitrogen and oxygen atoms in total. The molecule has 3 saturated heterocycles. The highest BCUT2D eigenvalue weighted by Gasteiger charge is 2.48. The fraction of sp³-hybridized carbons (Fsp3) is 0.537. The fourth-order valence-corrected chi connectivity index (χ4v) is 8.91. The van der Waals surface area contributed by atoms with Crippen molar-refractivity contribution >= 4 is 11.6 Å². The summed E-state index contributed by atoms with van der Waals surface area (Å²) < 4.78 is 19.6. The first-order chi connectivity index (χ1) is 24.7. The van der Waals surface area contributed by atoms with E-state index < -0.39 is 11.7 Å². The van der Waals surface area contributed by atoms with E-state index in [1.165, 1.54) is 25.0 Å². The van der Waals surface area contributed by atoms with Gasteiger partial charge in [0.05, 0.1) is 31.5 Å². The van der Waals surface area contributed by atoms with E-state index in [9.17, 15) is 20.1 Å². The molecule has 0 radical (unpaired) electrons. The van der Waals surface area contributed by atoms with E-state index in [2.05, 4.69) is 41.8 Å². The number of hydrogen-bond donors (Lipinski definition) is 5. The summed E-state index contributed by atoms with van der Waals surface area (Å²) in [5.41, 5.74) is 2.01. The maximum absolute atomic E-state index is 12.0. The number of aliphatic hydroxyl groups is 2. The van der Waals surface area contributed by atoms with Crippen LogP contribution in [0, 0.1) is 11.8 Å². The molecule has 3 aromatic rings. The number of phenols is 1. The van der Waals surface area contributed by atoms with E-state index in [0.717, 1.165) is 79.6 Å². The molecule has 4 atom stereocenters. The van der Waals surface area contributed by atoms with E-state index >= 15 is 0 Å². The predicted octanol–water partition coefficient (Wildman–Crippen LogP) is 2.06. The summed E-state index contributed by atoms with van der Waals surface area (Å²) in [6.07, 6.45) is 6.82. The smallest absolute Gasteiger partial charge is 0.262 e. The molecule has 0 aromatic heterocycles. The Balaban J connectivity index is 0.00000464. The van der Waals surface area contributed by atoms with Gasteiger partial charge in [0.15, 0.2) is 6.61 Å². The predicted molar refractivity (Wildman–Crippen MR) is 195 cm³/mol. The number of anilines is 1. The number of carbonyl (C=O) groups is 1. The second-order valence-corrected chi connectivity index (χ2v) is 15.4. The lowest BCUT2D eigenvalue weighted by molar-refractivity contribution is -0.946. The quantitative estimate of drug-likeness (QED) is 0.149. The lowest BCUT2D eigenvalue weighted by Gasteiger charge is -2.52. The van der Waals surface area contributed by atoms with E-state index in [1.807, 2.05) is 30.3 Å². The Labute approximate surface area is 317 Å². The van der Waals surface area contributed by atoms with Gasteiger partial charge in [-0.15, -0.1) is 0 Å². The number of nitrogens with one attached hydrogen (secondary N) is 2. The minimum absolute atomic E-state index is 0. The Kier molecular flexibility index (Phi) is 12.5.